The Morgan fingerprint density at radius 2 is 1.57 bits per heavy atom. The maximum atomic E-state index is 17.6. The van der Waals surface area contributed by atoms with Crippen molar-refractivity contribution in [3.8, 4) is 5.75 Å². The molecule has 17 heteroatoms. The Balaban J connectivity index is 1.92. The van der Waals surface area contributed by atoms with Gasteiger partial charge in [-0.2, -0.15) is 8.42 Å². The van der Waals surface area contributed by atoms with E-state index >= 15 is 4.39 Å². The summed E-state index contributed by atoms with van der Waals surface area (Å²) in [5, 5.41) is 0. The Kier molecular flexibility index (Phi) is 14.4. The van der Waals surface area contributed by atoms with Gasteiger partial charge in [0.2, 0.25) is 0 Å². The average molecular weight is 833 g/mol. The van der Waals surface area contributed by atoms with Gasteiger partial charge in [-0.15, -0.1) is 0 Å². The van der Waals surface area contributed by atoms with Gasteiger partial charge in [-0.25, -0.2) is 27.8 Å². The molecule has 1 heterocycles. The fourth-order valence-corrected chi connectivity index (χ4v) is 7.11. The number of hydrogen-bond donors (Lipinski definition) is 1. The predicted molar refractivity (Wildman–Crippen MR) is 215 cm³/mol. The molecule has 0 bridgehead atoms. The van der Waals surface area contributed by atoms with Gasteiger partial charge in [0.1, 0.15) is 48.0 Å². The van der Waals surface area contributed by atoms with Crippen LogP contribution in [0.3, 0.4) is 0 Å². The van der Waals surface area contributed by atoms with Gasteiger partial charge in [-0.1, -0.05) is 55.8 Å². The molecule has 0 radical (unpaired) electrons. The van der Waals surface area contributed by atoms with Gasteiger partial charge in [0.25, 0.3) is 0 Å². The molecule has 2 aliphatic rings. The number of rotatable bonds is 15. The number of nitrogens with zero attached hydrogens (tertiary/aromatic N) is 3. The third kappa shape index (κ3) is 13.2. The molecule has 1 atom stereocenters. The summed E-state index contributed by atoms with van der Waals surface area (Å²) in [7, 11) is -5.15. The summed E-state index contributed by atoms with van der Waals surface area (Å²) in [6.07, 6.45) is 0.856. The van der Waals surface area contributed by atoms with Crippen LogP contribution >= 0.6 is 0 Å². The molecule has 320 valence electrons. The zero-order chi connectivity index (χ0) is 43.2. The summed E-state index contributed by atoms with van der Waals surface area (Å²) in [6.45, 7) is 16.9. The molecule has 4 rings (SSSR count). The fraction of sp³-hybridized carbons (Fsp3) is 0.561. The Morgan fingerprint density at radius 1 is 0.948 bits per heavy atom. The van der Waals surface area contributed by atoms with Crippen LogP contribution in [0.1, 0.15) is 92.7 Å². The number of hydrogen-bond acceptors (Lipinski definition) is 11. The normalized spacial score (nSPS) is 15.5. The smallest absolute Gasteiger partial charge is 0.422 e. The summed E-state index contributed by atoms with van der Waals surface area (Å²) in [6, 6.07) is 9.09. The molecule has 1 N–H and O–H groups in total. The van der Waals surface area contributed by atoms with Crippen LogP contribution in [0.2, 0.25) is 0 Å². The van der Waals surface area contributed by atoms with Crippen molar-refractivity contribution >= 4 is 45.8 Å². The highest BCUT2D eigenvalue weighted by Gasteiger charge is 2.44. The van der Waals surface area contributed by atoms with Crippen molar-refractivity contribution in [1.29, 1.82) is 0 Å². The predicted octanol–water partition coefficient (Wildman–Crippen LogP) is 7.41. The summed E-state index contributed by atoms with van der Waals surface area (Å²) in [5.41, 5.74) is -3.17. The number of amides is 3. The van der Waals surface area contributed by atoms with Crippen LogP contribution in [-0.4, -0.2) is 86.7 Å². The second-order valence-corrected chi connectivity index (χ2v) is 18.9. The Bertz CT molecular complexity index is 1940. The monoisotopic (exact) mass is 832 g/mol. The minimum absolute atomic E-state index is 0.0112. The zero-order valence-electron chi connectivity index (χ0n) is 34.9. The van der Waals surface area contributed by atoms with E-state index in [0.717, 1.165) is 12.8 Å². The molecule has 0 unspecified atom stereocenters. The molecule has 0 aromatic heterocycles. The van der Waals surface area contributed by atoms with E-state index in [1.165, 1.54) is 21.9 Å². The maximum Gasteiger partial charge on any atom is 0.422 e. The zero-order valence-corrected chi connectivity index (χ0v) is 35.7. The van der Waals surface area contributed by atoms with E-state index < -0.39 is 81.1 Å². The Morgan fingerprint density at radius 3 is 2.14 bits per heavy atom. The minimum Gasteiger partial charge on any atom is -0.487 e. The first-order valence-electron chi connectivity index (χ1n) is 19.2. The van der Waals surface area contributed by atoms with Crippen molar-refractivity contribution in [2.24, 2.45) is 5.92 Å². The van der Waals surface area contributed by atoms with Gasteiger partial charge in [0, 0.05) is 31.1 Å². The van der Waals surface area contributed by atoms with Crippen molar-refractivity contribution in [3.05, 3.63) is 66.0 Å². The Labute approximate surface area is 340 Å². The number of nitrogens with one attached hydrogen (secondary N) is 1. The van der Waals surface area contributed by atoms with E-state index in [1.807, 2.05) is 0 Å². The molecule has 2 aromatic carbocycles. The highest BCUT2D eigenvalue weighted by molar-refractivity contribution is 7.91. The fourth-order valence-electron chi connectivity index (χ4n) is 6.04. The first-order chi connectivity index (χ1) is 26.9. The maximum absolute atomic E-state index is 17.6. The largest absolute Gasteiger partial charge is 0.487 e. The third-order valence-electron chi connectivity index (χ3n) is 8.54. The number of carbonyl (C=O) groups is 4. The molecular weight excluding hydrogens is 776 g/mol. The first-order valence-corrected chi connectivity index (χ1v) is 20.6. The lowest BCUT2D eigenvalue weighted by Crippen LogP contribution is -2.49. The highest BCUT2D eigenvalue weighted by atomic mass is 32.2. The van der Waals surface area contributed by atoms with Crippen LogP contribution in [0.4, 0.5) is 30.1 Å². The molecule has 3 amide bonds. The van der Waals surface area contributed by atoms with Crippen LogP contribution < -0.4 is 18.7 Å². The van der Waals surface area contributed by atoms with Crippen molar-refractivity contribution in [2.45, 2.75) is 117 Å². The molecule has 1 aliphatic heterocycles. The number of esters is 1. The van der Waals surface area contributed by atoms with Gasteiger partial charge in [0.15, 0.2) is 5.82 Å². The minimum atomic E-state index is -5.15. The van der Waals surface area contributed by atoms with Crippen LogP contribution in [0.5, 0.6) is 5.75 Å². The number of benzene rings is 2. The van der Waals surface area contributed by atoms with Gasteiger partial charge in [-0.3, -0.25) is 9.69 Å². The number of halogens is 1. The summed E-state index contributed by atoms with van der Waals surface area (Å²) in [5.74, 6) is -2.21. The number of carbonyl (C=O) groups excluding carboxylic acids is 4. The molecule has 0 spiro atoms. The quantitative estimate of drug-likeness (QED) is 0.108. The number of ether oxygens (including phenoxy) is 5. The van der Waals surface area contributed by atoms with Gasteiger partial charge in [-0.05, 0) is 80.2 Å². The molecular formula is C41H57FN4O11S. The lowest BCUT2D eigenvalue weighted by Gasteiger charge is -2.33. The van der Waals surface area contributed by atoms with Gasteiger partial charge in [0.05, 0.1) is 11.7 Å². The summed E-state index contributed by atoms with van der Waals surface area (Å²) >= 11 is 0. The molecule has 58 heavy (non-hydrogen) atoms. The van der Waals surface area contributed by atoms with Crippen molar-refractivity contribution in [1.82, 2.24) is 9.62 Å². The van der Waals surface area contributed by atoms with E-state index in [1.54, 1.807) is 97.4 Å². The topological polar surface area (TPSA) is 170 Å². The Hall–Kier alpha value is -5.06. The van der Waals surface area contributed by atoms with E-state index in [2.05, 4.69) is 6.58 Å². The van der Waals surface area contributed by atoms with Crippen molar-refractivity contribution in [3.63, 3.8) is 0 Å². The van der Waals surface area contributed by atoms with Gasteiger partial charge < -0.3 is 28.6 Å². The summed E-state index contributed by atoms with van der Waals surface area (Å²) < 4.78 is 75.8. The van der Waals surface area contributed by atoms with E-state index in [4.69, 9.17) is 23.7 Å². The molecule has 1 aliphatic carbocycles. The van der Waals surface area contributed by atoms with E-state index in [9.17, 15) is 27.6 Å². The summed E-state index contributed by atoms with van der Waals surface area (Å²) in [4.78, 5) is 56.4. The van der Waals surface area contributed by atoms with E-state index in [-0.39, 0.29) is 37.4 Å². The molecule has 0 saturated heterocycles. The van der Waals surface area contributed by atoms with Crippen molar-refractivity contribution < 1.29 is 55.7 Å². The van der Waals surface area contributed by atoms with Crippen LogP contribution in [0.25, 0.3) is 0 Å². The SMILES string of the molecule is C=CCOC(=O)NS(=O)(=O)N(CC(=O)OC(C)(C)C)c1c(OCc2ccccc2)cc2c(c1F)C[C@H](CN(CCC1CC1)C(=O)OC(C)(C)C)N2C(=O)OC(C)(C)C. The standard InChI is InChI=1S/C41H57FN4O11S/c1-11-21-53-36(48)43-58(51,52)45(25-33(47)55-39(2,3)4)35-32(54-26-28-15-13-12-14-16-28)23-31-30(34(35)42)22-29(46(31)38(50)57-41(8,9)10)24-44(20-19-27-17-18-27)37(49)56-40(5,6)7/h11-16,23,27,29H,1,17-22,24-26H2,2-10H3,(H,43,48)/t29-/m1/s1. The molecule has 1 saturated carbocycles. The second-order valence-electron chi connectivity index (χ2n) is 17.3. The average Bonchev–Trinajstić information content (AvgIpc) is 3.84. The highest BCUT2D eigenvalue weighted by Crippen LogP contribution is 2.46. The lowest BCUT2D eigenvalue weighted by molar-refractivity contribution is -0.152. The van der Waals surface area contributed by atoms with E-state index in [0.29, 0.717) is 28.8 Å². The third-order valence-corrected chi connectivity index (χ3v) is 9.86. The number of anilines is 2. The van der Waals surface area contributed by atoms with Gasteiger partial charge >= 0.3 is 34.5 Å². The van der Waals surface area contributed by atoms with Crippen LogP contribution in [0.15, 0.2) is 49.1 Å². The first kappa shape index (κ1) is 45.6. The lowest BCUT2D eigenvalue weighted by atomic mass is 10.1. The molecule has 2 aromatic rings. The second kappa shape index (κ2) is 18.2. The molecule has 15 nitrogen and oxygen atoms in total. The van der Waals surface area contributed by atoms with Crippen molar-refractivity contribution in [2.75, 3.05) is 35.4 Å². The van der Waals surface area contributed by atoms with Crippen LogP contribution in [-0.2, 0) is 47.0 Å². The molecule has 1 fully saturated rings. The van der Waals surface area contributed by atoms with Crippen LogP contribution in [0, 0.1) is 11.7 Å². The number of fused-ring (bicyclic) bond motifs is 1.